The molecular weight excluding hydrogens is 224 g/mol. The minimum Gasteiger partial charge on any atom is -0.317 e. The van der Waals surface area contributed by atoms with Crippen molar-refractivity contribution in [3.8, 4) is 0 Å². The van der Waals surface area contributed by atoms with E-state index in [2.05, 4.69) is 10.2 Å². The molecule has 1 unspecified atom stereocenters. The fraction of sp³-hybridized carbons (Fsp3) is 1.00. The zero-order chi connectivity index (χ0) is 11.4. The van der Waals surface area contributed by atoms with Gasteiger partial charge in [0.05, 0.1) is 11.5 Å². The molecule has 94 valence electrons. The second-order valence-corrected chi connectivity index (χ2v) is 7.26. The summed E-state index contributed by atoms with van der Waals surface area (Å²) < 4.78 is 22.8. The van der Waals surface area contributed by atoms with Crippen LogP contribution in [0.3, 0.4) is 0 Å². The second kappa shape index (κ2) is 5.47. The molecule has 0 spiro atoms. The molecule has 0 aromatic rings. The van der Waals surface area contributed by atoms with Crippen molar-refractivity contribution in [1.29, 1.82) is 0 Å². The molecule has 1 N–H and O–H groups in total. The van der Waals surface area contributed by atoms with Crippen LogP contribution in [-0.2, 0) is 9.84 Å². The van der Waals surface area contributed by atoms with E-state index >= 15 is 0 Å². The summed E-state index contributed by atoms with van der Waals surface area (Å²) in [5.74, 6) is 1.21. The predicted octanol–water partition coefficient (Wildman–Crippen LogP) is 0.107. The Kier molecular flexibility index (Phi) is 4.21. The highest BCUT2D eigenvalue weighted by Gasteiger charge is 2.29. The van der Waals surface area contributed by atoms with Gasteiger partial charge in [0.15, 0.2) is 9.84 Å². The maximum absolute atomic E-state index is 11.4. The van der Waals surface area contributed by atoms with Gasteiger partial charge in [-0.25, -0.2) is 8.42 Å². The van der Waals surface area contributed by atoms with Crippen molar-refractivity contribution in [2.24, 2.45) is 5.92 Å². The van der Waals surface area contributed by atoms with Gasteiger partial charge in [0.1, 0.15) is 0 Å². The largest absolute Gasteiger partial charge is 0.317 e. The molecule has 0 aliphatic carbocycles. The van der Waals surface area contributed by atoms with Gasteiger partial charge >= 0.3 is 0 Å². The van der Waals surface area contributed by atoms with E-state index in [9.17, 15) is 8.42 Å². The third-order valence-corrected chi connectivity index (χ3v) is 5.34. The minimum atomic E-state index is -2.70. The summed E-state index contributed by atoms with van der Waals surface area (Å²) in [6.45, 7) is 5.41. The molecule has 0 bridgehead atoms. The summed E-state index contributed by atoms with van der Waals surface area (Å²) in [5.41, 5.74) is 0. The van der Waals surface area contributed by atoms with Crippen molar-refractivity contribution in [3.63, 3.8) is 0 Å². The van der Waals surface area contributed by atoms with Crippen molar-refractivity contribution in [2.75, 3.05) is 44.2 Å². The Labute approximate surface area is 98.3 Å². The van der Waals surface area contributed by atoms with Gasteiger partial charge in [-0.15, -0.1) is 0 Å². The first-order valence-electron chi connectivity index (χ1n) is 6.29. The molecule has 2 aliphatic heterocycles. The van der Waals surface area contributed by atoms with Gasteiger partial charge in [-0.05, 0) is 51.4 Å². The van der Waals surface area contributed by atoms with Crippen molar-refractivity contribution in [2.45, 2.75) is 19.3 Å². The van der Waals surface area contributed by atoms with Crippen LogP contribution in [0.4, 0.5) is 0 Å². The maximum atomic E-state index is 11.4. The molecule has 16 heavy (non-hydrogen) atoms. The average molecular weight is 246 g/mol. The first-order valence-corrected chi connectivity index (χ1v) is 8.11. The number of hydrogen-bond acceptors (Lipinski definition) is 4. The fourth-order valence-corrected chi connectivity index (χ4v) is 4.51. The first kappa shape index (κ1) is 12.3. The van der Waals surface area contributed by atoms with E-state index in [0.717, 1.165) is 39.1 Å². The van der Waals surface area contributed by atoms with E-state index in [0.29, 0.717) is 17.4 Å². The SMILES string of the molecule is O=S1(=O)CCC(CN2CCCNCCC2)C1. The Hall–Kier alpha value is -0.130. The highest BCUT2D eigenvalue weighted by atomic mass is 32.2. The second-order valence-electron chi connectivity index (χ2n) is 5.03. The Morgan fingerprint density at radius 3 is 2.44 bits per heavy atom. The van der Waals surface area contributed by atoms with Crippen LogP contribution in [0.1, 0.15) is 19.3 Å². The van der Waals surface area contributed by atoms with E-state index < -0.39 is 9.84 Å². The molecule has 2 saturated heterocycles. The standard InChI is InChI=1S/C11H22N2O2S/c14-16(15)8-3-11(10-16)9-13-6-1-4-12-5-2-7-13/h11-12H,1-10H2. The number of rotatable bonds is 2. The molecule has 0 aromatic heterocycles. The summed E-state index contributed by atoms with van der Waals surface area (Å²) in [4.78, 5) is 2.45. The first-order chi connectivity index (χ1) is 7.66. The topological polar surface area (TPSA) is 49.4 Å². The van der Waals surface area contributed by atoms with Crippen LogP contribution in [0.5, 0.6) is 0 Å². The molecule has 0 radical (unpaired) electrons. The van der Waals surface area contributed by atoms with Crippen LogP contribution >= 0.6 is 0 Å². The minimum absolute atomic E-state index is 0.386. The van der Waals surface area contributed by atoms with Gasteiger partial charge < -0.3 is 10.2 Å². The lowest BCUT2D eigenvalue weighted by Crippen LogP contribution is -2.37. The zero-order valence-electron chi connectivity index (χ0n) is 9.82. The molecule has 2 aliphatic rings. The third-order valence-electron chi connectivity index (χ3n) is 3.50. The van der Waals surface area contributed by atoms with Gasteiger partial charge in [0, 0.05) is 6.54 Å². The Morgan fingerprint density at radius 2 is 1.88 bits per heavy atom. The Morgan fingerprint density at radius 1 is 1.19 bits per heavy atom. The van der Waals surface area contributed by atoms with Crippen LogP contribution in [-0.4, -0.2) is 57.5 Å². The van der Waals surface area contributed by atoms with Crippen LogP contribution in [0, 0.1) is 5.92 Å². The van der Waals surface area contributed by atoms with Gasteiger partial charge in [0.25, 0.3) is 0 Å². The van der Waals surface area contributed by atoms with Gasteiger partial charge in [0.2, 0.25) is 0 Å². The molecule has 5 heteroatoms. The summed E-state index contributed by atoms with van der Waals surface area (Å²) in [6.07, 6.45) is 3.23. The molecule has 0 amide bonds. The number of nitrogens with zero attached hydrogens (tertiary/aromatic N) is 1. The van der Waals surface area contributed by atoms with Gasteiger partial charge in [-0.3, -0.25) is 0 Å². The van der Waals surface area contributed by atoms with Crippen LogP contribution in [0.2, 0.25) is 0 Å². The predicted molar refractivity (Wildman–Crippen MR) is 65.3 cm³/mol. The summed E-state index contributed by atoms with van der Waals surface area (Å²) in [6, 6.07) is 0. The summed E-state index contributed by atoms with van der Waals surface area (Å²) in [5, 5.41) is 3.39. The third kappa shape index (κ3) is 3.71. The monoisotopic (exact) mass is 246 g/mol. The highest BCUT2D eigenvalue weighted by molar-refractivity contribution is 7.91. The summed E-state index contributed by atoms with van der Waals surface area (Å²) in [7, 11) is -2.70. The molecule has 2 heterocycles. The number of sulfone groups is 1. The highest BCUT2D eigenvalue weighted by Crippen LogP contribution is 2.19. The molecule has 1 atom stereocenters. The quantitative estimate of drug-likeness (QED) is 0.751. The Bertz CT molecular complexity index is 308. The maximum Gasteiger partial charge on any atom is 0.150 e. The molecular formula is C11H22N2O2S. The van der Waals surface area contributed by atoms with Gasteiger partial charge in [-0.1, -0.05) is 0 Å². The molecule has 4 nitrogen and oxygen atoms in total. The Balaban J connectivity index is 1.79. The lowest BCUT2D eigenvalue weighted by Gasteiger charge is -2.27. The molecule has 0 aromatic carbocycles. The smallest absolute Gasteiger partial charge is 0.150 e. The van der Waals surface area contributed by atoms with E-state index in [-0.39, 0.29) is 0 Å². The van der Waals surface area contributed by atoms with E-state index in [1.807, 2.05) is 0 Å². The van der Waals surface area contributed by atoms with Crippen molar-refractivity contribution in [3.05, 3.63) is 0 Å². The molecule has 2 rings (SSSR count). The lowest BCUT2D eigenvalue weighted by atomic mass is 10.1. The fourth-order valence-electron chi connectivity index (χ4n) is 2.66. The summed E-state index contributed by atoms with van der Waals surface area (Å²) >= 11 is 0. The van der Waals surface area contributed by atoms with Crippen molar-refractivity contribution >= 4 is 9.84 Å². The zero-order valence-corrected chi connectivity index (χ0v) is 10.6. The van der Waals surface area contributed by atoms with E-state index in [1.54, 1.807) is 0 Å². The van der Waals surface area contributed by atoms with E-state index in [1.165, 1.54) is 12.8 Å². The van der Waals surface area contributed by atoms with Crippen LogP contribution in [0.25, 0.3) is 0 Å². The van der Waals surface area contributed by atoms with Crippen molar-refractivity contribution < 1.29 is 8.42 Å². The van der Waals surface area contributed by atoms with Crippen LogP contribution in [0.15, 0.2) is 0 Å². The lowest BCUT2D eigenvalue weighted by molar-refractivity contribution is 0.223. The van der Waals surface area contributed by atoms with Gasteiger partial charge in [-0.2, -0.15) is 0 Å². The van der Waals surface area contributed by atoms with Crippen molar-refractivity contribution in [1.82, 2.24) is 10.2 Å². The number of nitrogens with one attached hydrogen (secondary N) is 1. The van der Waals surface area contributed by atoms with E-state index in [4.69, 9.17) is 0 Å². The molecule has 2 fully saturated rings. The average Bonchev–Trinajstić information content (AvgIpc) is 2.50. The van der Waals surface area contributed by atoms with Crippen LogP contribution < -0.4 is 5.32 Å². The normalized spacial score (nSPS) is 32.1. The molecule has 0 saturated carbocycles. The number of hydrogen-bond donors (Lipinski definition) is 1.